The number of piperidine rings is 1. The minimum absolute atomic E-state index is 0.0179. The smallest absolute Gasteiger partial charge is 0.256 e. The molecule has 1 aromatic carbocycles. The summed E-state index contributed by atoms with van der Waals surface area (Å²) in [5, 5.41) is 3.57. The van der Waals surface area contributed by atoms with Crippen LogP contribution in [0, 0.1) is 0 Å². The van der Waals surface area contributed by atoms with E-state index in [1.165, 1.54) is 5.56 Å². The van der Waals surface area contributed by atoms with E-state index in [0.717, 1.165) is 56.7 Å². The van der Waals surface area contributed by atoms with E-state index >= 15 is 0 Å². The molecule has 0 aromatic heterocycles. The van der Waals surface area contributed by atoms with Crippen molar-refractivity contribution in [3.63, 3.8) is 0 Å². The topological polar surface area (TPSA) is 65.1 Å². The second-order valence-corrected chi connectivity index (χ2v) is 9.18. The highest BCUT2D eigenvalue weighted by Gasteiger charge is 2.38. The lowest BCUT2D eigenvalue weighted by atomic mass is 9.88. The van der Waals surface area contributed by atoms with E-state index in [9.17, 15) is 9.59 Å². The van der Waals surface area contributed by atoms with Gasteiger partial charge in [-0.05, 0) is 56.2 Å². The first kappa shape index (κ1) is 20.0. The molecule has 3 unspecified atom stereocenters. The van der Waals surface area contributed by atoms with Gasteiger partial charge in [0.05, 0.1) is 23.6 Å². The SMILES string of the molecule is CC(=O)N1c2ccc(C3CCC4NCCN4C3)cc2N(C(=O)C2CCCO2)C[C@@H]1C. The zero-order valence-corrected chi connectivity index (χ0v) is 18.0. The molecule has 3 fully saturated rings. The zero-order valence-electron chi connectivity index (χ0n) is 18.0. The summed E-state index contributed by atoms with van der Waals surface area (Å²) < 4.78 is 5.70. The number of carbonyl (C=O) groups is 2. The Morgan fingerprint density at radius 1 is 1.13 bits per heavy atom. The highest BCUT2D eigenvalue weighted by molar-refractivity contribution is 6.05. The Labute approximate surface area is 178 Å². The van der Waals surface area contributed by atoms with E-state index in [4.69, 9.17) is 4.74 Å². The third kappa shape index (κ3) is 3.43. The van der Waals surface area contributed by atoms with Crippen LogP contribution < -0.4 is 15.1 Å². The van der Waals surface area contributed by atoms with Gasteiger partial charge >= 0.3 is 0 Å². The molecule has 0 aliphatic carbocycles. The molecule has 1 aromatic rings. The van der Waals surface area contributed by atoms with Crippen molar-refractivity contribution < 1.29 is 14.3 Å². The molecule has 162 valence electrons. The van der Waals surface area contributed by atoms with Crippen LogP contribution in [0.5, 0.6) is 0 Å². The first-order valence-corrected chi connectivity index (χ1v) is 11.4. The van der Waals surface area contributed by atoms with E-state index < -0.39 is 0 Å². The molecule has 1 N–H and O–H groups in total. The van der Waals surface area contributed by atoms with Gasteiger partial charge in [-0.25, -0.2) is 0 Å². The van der Waals surface area contributed by atoms with Crippen molar-refractivity contribution in [1.29, 1.82) is 0 Å². The number of hydrogen-bond acceptors (Lipinski definition) is 5. The van der Waals surface area contributed by atoms with Crippen LogP contribution in [0.1, 0.15) is 51.0 Å². The van der Waals surface area contributed by atoms with Crippen LogP contribution in [-0.4, -0.2) is 67.8 Å². The van der Waals surface area contributed by atoms with Crippen LogP contribution in [0.4, 0.5) is 11.4 Å². The van der Waals surface area contributed by atoms with Crippen molar-refractivity contribution in [3.8, 4) is 0 Å². The van der Waals surface area contributed by atoms with Crippen LogP contribution in [-0.2, 0) is 14.3 Å². The number of ether oxygens (including phenoxy) is 1. The quantitative estimate of drug-likeness (QED) is 0.806. The van der Waals surface area contributed by atoms with E-state index in [1.54, 1.807) is 6.92 Å². The highest BCUT2D eigenvalue weighted by atomic mass is 16.5. The molecule has 3 saturated heterocycles. The van der Waals surface area contributed by atoms with Crippen LogP contribution in [0.2, 0.25) is 0 Å². The number of anilines is 2. The number of nitrogens with zero attached hydrogens (tertiary/aromatic N) is 3. The fourth-order valence-electron chi connectivity index (χ4n) is 5.70. The predicted molar refractivity (Wildman–Crippen MR) is 116 cm³/mol. The largest absolute Gasteiger partial charge is 0.368 e. The molecule has 4 heterocycles. The molecule has 0 radical (unpaired) electrons. The van der Waals surface area contributed by atoms with Gasteiger partial charge in [-0.15, -0.1) is 0 Å². The molecule has 4 aliphatic rings. The number of benzene rings is 1. The highest BCUT2D eigenvalue weighted by Crippen LogP contribution is 2.40. The Kier molecular flexibility index (Phi) is 5.29. The summed E-state index contributed by atoms with van der Waals surface area (Å²) in [4.78, 5) is 31.9. The monoisotopic (exact) mass is 412 g/mol. The minimum atomic E-state index is -0.358. The maximum Gasteiger partial charge on any atom is 0.256 e. The molecule has 0 spiro atoms. The van der Waals surface area contributed by atoms with Gasteiger partial charge in [-0.2, -0.15) is 0 Å². The maximum absolute atomic E-state index is 13.3. The summed E-state index contributed by atoms with van der Waals surface area (Å²) in [6.07, 6.45) is 4.16. The van der Waals surface area contributed by atoms with Crippen molar-refractivity contribution in [1.82, 2.24) is 10.2 Å². The van der Waals surface area contributed by atoms with Gasteiger partial charge in [-0.1, -0.05) is 6.07 Å². The predicted octanol–water partition coefficient (Wildman–Crippen LogP) is 2.06. The Balaban J connectivity index is 1.49. The summed E-state index contributed by atoms with van der Waals surface area (Å²) >= 11 is 0. The van der Waals surface area contributed by atoms with Crippen LogP contribution in [0.15, 0.2) is 18.2 Å². The Morgan fingerprint density at radius 3 is 2.77 bits per heavy atom. The molecule has 4 aliphatic heterocycles. The molecule has 7 nitrogen and oxygen atoms in total. The van der Waals surface area contributed by atoms with Gasteiger partial charge in [0.25, 0.3) is 5.91 Å². The van der Waals surface area contributed by atoms with Crippen LogP contribution >= 0.6 is 0 Å². The second-order valence-electron chi connectivity index (χ2n) is 9.18. The molecular weight excluding hydrogens is 380 g/mol. The lowest BCUT2D eigenvalue weighted by Gasteiger charge is -2.42. The third-order valence-corrected chi connectivity index (χ3v) is 7.18. The lowest BCUT2D eigenvalue weighted by molar-refractivity contribution is -0.127. The van der Waals surface area contributed by atoms with Gasteiger partial charge < -0.3 is 19.9 Å². The average molecular weight is 413 g/mol. The van der Waals surface area contributed by atoms with Crippen LogP contribution in [0.25, 0.3) is 0 Å². The number of amides is 2. The summed E-state index contributed by atoms with van der Waals surface area (Å²) in [6.45, 7) is 7.99. The molecule has 2 amide bonds. The van der Waals surface area contributed by atoms with Crippen molar-refractivity contribution in [2.24, 2.45) is 0 Å². The molecule has 7 heteroatoms. The number of hydrogen-bond donors (Lipinski definition) is 1. The van der Waals surface area contributed by atoms with Gasteiger partial charge in [-0.3, -0.25) is 14.5 Å². The zero-order chi connectivity index (χ0) is 20.8. The summed E-state index contributed by atoms with van der Waals surface area (Å²) in [5.74, 6) is 0.508. The standard InChI is InChI=1S/C23H32N4O3/c1-15-13-26(23(29)21-4-3-11-30-21)20-12-17(5-7-19(20)27(15)16(2)28)18-6-8-22-24-9-10-25(22)14-18/h5,7,12,15,18,21-22,24H,3-4,6,8-11,13-14H2,1-2H3/t15-,18?,21?,22?/m0/s1. The van der Waals surface area contributed by atoms with Crippen LogP contribution in [0.3, 0.4) is 0 Å². The van der Waals surface area contributed by atoms with E-state index in [2.05, 4.69) is 22.3 Å². The summed E-state index contributed by atoms with van der Waals surface area (Å²) in [5.41, 5.74) is 2.97. The van der Waals surface area contributed by atoms with E-state index in [1.807, 2.05) is 22.8 Å². The third-order valence-electron chi connectivity index (χ3n) is 7.18. The van der Waals surface area contributed by atoms with Crippen molar-refractivity contribution in [2.75, 3.05) is 42.6 Å². The molecule has 30 heavy (non-hydrogen) atoms. The summed E-state index contributed by atoms with van der Waals surface area (Å²) in [7, 11) is 0. The van der Waals surface area contributed by atoms with Gasteiger partial charge in [0, 0.05) is 39.7 Å². The number of fused-ring (bicyclic) bond motifs is 2. The Morgan fingerprint density at radius 2 is 2.00 bits per heavy atom. The average Bonchev–Trinajstić information content (AvgIpc) is 3.43. The second kappa shape index (κ2) is 7.94. The van der Waals surface area contributed by atoms with E-state index in [-0.39, 0.29) is 24.0 Å². The van der Waals surface area contributed by atoms with Crippen molar-refractivity contribution in [2.45, 2.75) is 63.8 Å². The Hall–Kier alpha value is -1.96. The fraction of sp³-hybridized carbons (Fsp3) is 0.652. The summed E-state index contributed by atoms with van der Waals surface area (Å²) in [6, 6.07) is 6.32. The van der Waals surface area contributed by atoms with Gasteiger partial charge in [0.15, 0.2) is 0 Å². The molecule has 4 atom stereocenters. The first-order chi connectivity index (χ1) is 14.5. The van der Waals surface area contributed by atoms with Crippen molar-refractivity contribution >= 4 is 23.2 Å². The maximum atomic E-state index is 13.3. The number of carbonyl (C=O) groups excluding carboxylic acids is 2. The van der Waals surface area contributed by atoms with Gasteiger partial charge in [0.1, 0.15) is 6.10 Å². The molecule has 5 rings (SSSR count). The van der Waals surface area contributed by atoms with E-state index in [0.29, 0.717) is 25.2 Å². The first-order valence-electron chi connectivity index (χ1n) is 11.4. The molecular formula is C23H32N4O3. The molecule has 0 saturated carbocycles. The van der Waals surface area contributed by atoms with Crippen molar-refractivity contribution in [3.05, 3.63) is 23.8 Å². The normalized spacial score (nSPS) is 31.5. The Bertz CT molecular complexity index is 838. The van der Waals surface area contributed by atoms with Gasteiger partial charge in [0.2, 0.25) is 5.91 Å². The number of nitrogens with one attached hydrogen (secondary N) is 1. The lowest BCUT2D eigenvalue weighted by Crippen LogP contribution is -2.53. The minimum Gasteiger partial charge on any atom is -0.368 e. The number of rotatable bonds is 2. The molecule has 0 bridgehead atoms. The fourth-order valence-corrected chi connectivity index (χ4v) is 5.70.